The Hall–Kier alpha value is -2.74. The molecule has 5 aliphatic rings. The van der Waals surface area contributed by atoms with E-state index in [1.54, 1.807) is 0 Å². The van der Waals surface area contributed by atoms with Crippen LogP contribution in [0.5, 0.6) is 0 Å². The van der Waals surface area contributed by atoms with E-state index in [9.17, 15) is 10.1 Å². The largest absolute Gasteiger partial charge is 0.359 e. The Morgan fingerprint density at radius 2 is 1.61 bits per heavy atom. The fourth-order valence-electron chi connectivity index (χ4n) is 7.33. The van der Waals surface area contributed by atoms with Crippen LogP contribution >= 0.6 is 0 Å². The predicted octanol–water partition coefficient (Wildman–Crippen LogP) is 4.09. The molecule has 1 aromatic carbocycles. The molecule has 1 aliphatic heterocycles. The van der Waals surface area contributed by atoms with Crippen molar-refractivity contribution in [2.24, 2.45) is 17.8 Å². The summed E-state index contributed by atoms with van der Waals surface area (Å²) >= 11 is 0. The number of benzene rings is 1. The molecule has 4 saturated carbocycles. The zero-order valence-electron chi connectivity index (χ0n) is 19.0. The van der Waals surface area contributed by atoms with Crippen molar-refractivity contribution in [1.29, 1.82) is 0 Å². The SMILES string of the molecule is O=[N+]([O-])c1c(NC23CC4CC(CC(C4)C2)C3)ncnc1N1CCN(Cc2ccccc2)CC1. The number of anilines is 2. The molecule has 0 atom stereocenters. The van der Waals surface area contributed by atoms with Crippen LogP contribution in [-0.2, 0) is 6.54 Å². The van der Waals surface area contributed by atoms with Gasteiger partial charge in [0, 0.05) is 38.3 Å². The van der Waals surface area contributed by atoms with Gasteiger partial charge >= 0.3 is 5.69 Å². The molecule has 1 aromatic heterocycles. The van der Waals surface area contributed by atoms with Gasteiger partial charge in [0.05, 0.1) is 4.92 Å². The van der Waals surface area contributed by atoms with Crippen molar-refractivity contribution in [2.75, 3.05) is 36.4 Å². The first-order chi connectivity index (χ1) is 16.1. The molecule has 5 fully saturated rings. The fraction of sp³-hybridized carbons (Fsp3) is 0.600. The Labute approximate surface area is 194 Å². The van der Waals surface area contributed by atoms with E-state index in [1.165, 1.54) is 31.2 Å². The Bertz CT molecular complexity index is 986. The van der Waals surface area contributed by atoms with E-state index >= 15 is 0 Å². The minimum atomic E-state index is -0.283. The lowest BCUT2D eigenvalue weighted by Crippen LogP contribution is -2.55. The van der Waals surface area contributed by atoms with E-state index < -0.39 is 0 Å². The summed E-state index contributed by atoms with van der Waals surface area (Å²) in [4.78, 5) is 25.2. The topological polar surface area (TPSA) is 87.4 Å². The molecular weight excluding hydrogens is 416 g/mol. The van der Waals surface area contributed by atoms with Crippen molar-refractivity contribution >= 4 is 17.3 Å². The Morgan fingerprint density at radius 1 is 0.970 bits per heavy atom. The van der Waals surface area contributed by atoms with Gasteiger partial charge in [0.1, 0.15) is 6.33 Å². The molecule has 0 spiro atoms. The smallest absolute Gasteiger partial charge is 0.353 e. The van der Waals surface area contributed by atoms with Gasteiger partial charge in [-0.2, -0.15) is 0 Å². The third kappa shape index (κ3) is 4.05. The second kappa shape index (κ2) is 8.24. The van der Waals surface area contributed by atoms with Crippen molar-refractivity contribution in [3.05, 3.63) is 52.3 Å². The van der Waals surface area contributed by atoms with E-state index in [1.807, 2.05) is 6.07 Å². The summed E-state index contributed by atoms with van der Waals surface area (Å²) in [5.41, 5.74) is 1.31. The minimum Gasteiger partial charge on any atom is -0.359 e. The number of nitrogens with zero attached hydrogens (tertiary/aromatic N) is 5. The van der Waals surface area contributed by atoms with E-state index in [0.717, 1.165) is 69.7 Å². The van der Waals surface area contributed by atoms with Crippen LogP contribution < -0.4 is 10.2 Å². The number of aromatic nitrogens is 2. The molecule has 2 aromatic rings. The molecule has 4 bridgehead atoms. The molecule has 2 heterocycles. The number of piperazine rings is 1. The Morgan fingerprint density at radius 3 is 2.21 bits per heavy atom. The number of rotatable bonds is 6. The number of nitro groups is 1. The summed E-state index contributed by atoms with van der Waals surface area (Å²) in [5, 5.41) is 15.9. The van der Waals surface area contributed by atoms with Gasteiger partial charge in [-0.15, -0.1) is 0 Å². The van der Waals surface area contributed by atoms with Gasteiger partial charge in [0.15, 0.2) is 0 Å². The van der Waals surface area contributed by atoms with E-state index in [4.69, 9.17) is 0 Å². The predicted molar refractivity (Wildman–Crippen MR) is 127 cm³/mol. The van der Waals surface area contributed by atoms with Crippen molar-refractivity contribution in [2.45, 2.75) is 50.6 Å². The van der Waals surface area contributed by atoms with E-state index in [-0.39, 0.29) is 16.1 Å². The highest BCUT2D eigenvalue weighted by Crippen LogP contribution is 2.57. The summed E-state index contributed by atoms with van der Waals surface area (Å²) in [5.74, 6) is 3.17. The first-order valence-electron chi connectivity index (χ1n) is 12.4. The van der Waals surface area contributed by atoms with Crippen LogP contribution in [0.25, 0.3) is 0 Å². The van der Waals surface area contributed by atoms with Crippen LogP contribution in [0.4, 0.5) is 17.3 Å². The van der Waals surface area contributed by atoms with Gasteiger partial charge in [-0.25, -0.2) is 9.97 Å². The second-order valence-corrected chi connectivity index (χ2v) is 10.7. The van der Waals surface area contributed by atoms with Crippen LogP contribution in [0.15, 0.2) is 36.7 Å². The van der Waals surface area contributed by atoms with E-state index in [2.05, 4.69) is 49.4 Å². The number of hydrogen-bond acceptors (Lipinski definition) is 7. The molecule has 0 amide bonds. The lowest BCUT2D eigenvalue weighted by atomic mass is 9.53. The highest BCUT2D eigenvalue weighted by atomic mass is 16.6. The molecule has 1 saturated heterocycles. The third-order valence-electron chi connectivity index (χ3n) is 8.33. The molecule has 1 N–H and O–H groups in total. The van der Waals surface area contributed by atoms with Crippen LogP contribution in [-0.4, -0.2) is 51.5 Å². The van der Waals surface area contributed by atoms with Crippen molar-refractivity contribution in [3.8, 4) is 0 Å². The Kier molecular flexibility index (Phi) is 5.20. The van der Waals surface area contributed by atoms with Crippen molar-refractivity contribution in [1.82, 2.24) is 14.9 Å². The van der Waals surface area contributed by atoms with Gasteiger partial charge in [-0.05, 0) is 61.8 Å². The fourth-order valence-corrected chi connectivity index (χ4v) is 7.33. The molecule has 33 heavy (non-hydrogen) atoms. The number of hydrogen-bond donors (Lipinski definition) is 1. The standard InChI is InChI=1S/C25H32N6O2/c32-31(33)22-23(28-25-13-19-10-20(14-25)12-21(11-19)15-25)26-17-27-24(22)30-8-6-29(7-9-30)16-18-4-2-1-3-5-18/h1-5,17,19-21H,6-16H2,(H,26,27,28). The average Bonchev–Trinajstić information content (AvgIpc) is 2.79. The minimum absolute atomic E-state index is 0.0283. The third-order valence-corrected chi connectivity index (χ3v) is 8.33. The highest BCUT2D eigenvalue weighted by Gasteiger charge is 2.51. The summed E-state index contributed by atoms with van der Waals surface area (Å²) in [6.07, 6.45) is 8.87. The van der Waals surface area contributed by atoms with Gasteiger partial charge in [0.2, 0.25) is 11.6 Å². The second-order valence-electron chi connectivity index (χ2n) is 10.7. The molecule has 8 heteroatoms. The first kappa shape index (κ1) is 20.8. The summed E-state index contributed by atoms with van der Waals surface area (Å²) in [7, 11) is 0. The lowest BCUT2D eigenvalue weighted by molar-refractivity contribution is -0.383. The average molecular weight is 449 g/mol. The summed E-state index contributed by atoms with van der Waals surface area (Å²) in [6.45, 7) is 4.06. The molecule has 174 valence electrons. The summed E-state index contributed by atoms with van der Waals surface area (Å²) < 4.78 is 0. The zero-order valence-corrected chi connectivity index (χ0v) is 19.0. The zero-order chi connectivity index (χ0) is 22.4. The Balaban J connectivity index is 1.20. The molecule has 8 nitrogen and oxygen atoms in total. The maximum absolute atomic E-state index is 12.2. The molecule has 0 radical (unpaired) electrons. The van der Waals surface area contributed by atoms with Crippen molar-refractivity contribution < 1.29 is 4.92 Å². The monoisotopic (exact) mass is 448 g/mol. The van der Waals surface area contributed by atoms with Gasteiger partial charge < -0.3 is 10.2 Å². The van der Waals surface area contributed by atoms with Crippen LogP contribution in [0, 0.1) is 27.9 Å². The van der Waals surface area contributed by atoms with Crippen LogP contribution in [0.1, 0.15) is 44.1 Å². The molecule has 0 unspecified atom stereocenters. The molecule has 7 rings (SSSR count). The number of nitrogens with one attached hydrogen (secondary N) is 1. The normalized spacial score (nSPS) is 31.0. The van der Waals surface area contributed by atoms with Crippen LogP contribution in [0.3, 0.4) is 0 Å². The van der Waals surface area contributed by atoms with E-state index in [0.29, 0.717) is 11.6 Å². The summed E-state index contributed by atoms with van der Waals surface area (Å²) in [6, 6.07) is 10.4. The highest BCUT2D eigenvalue weighted by molar-refractivity contribution is 5.71. The lowest BCUT2D eigenvalue weighted by Gasteiger charge is -2.57. The van der Waals surface area contributed by atoms with Gasteiger partial charge in [-0.3, -0.25) is 15.0 Å². The maximum atomic E-state index is 12.2. The van der Waals surface area contributed by atoms with Gasteiger partial charge in [-0.1, -0.05) is 30.3 Å². The quantitative estimate of drug-likeness (QED) is 0.526. The molecular formula is C25H32N6O2. The maximum Gasteiger partial charge on any atom is 0.353 e. The van der Waals surface area contributed by atoms with Gasteiger partial charge in [0.25, 0.3) is 0 Å². The molecule has 4 aliphatic carbocycles. The van der Waals surface area contributed by atoms with Crippen molar-refractivity contribution in [3.63, 3.8) is 0 Å². The van der Waals surface area contributed by atoms with Crippen LogP contribution in [0.2, 0.25) is 0 Å². The first-order valence-corrected chi connectivity index (χ1v) is 12.4.